The number of nitrogens with zero attached hydrogens (tertiary/aromatic N) is 2. The van der Waals surface area contributed by atoms with Crippen LogP contribution >= 0.6 is 11.3 Å². The van der Waals surface area contributed by atoms with E-state index in [1.54, 1.807) is 12.3 Å². The highest BCUT2D eigenvalue weighted by atomic mass is 32.1. The summed E-state index contributed by atoms with van der Waals surface area (Å²) in [6, 6.07) is 9.82. The largest absolute Gasteiger partial charge is 0.461 e. The Kier molecular flexibility index (Phi) is 5.63. The molecule has 4 rings (SSSR count). The lowest BCUT2D eigenvalue weighted by Crippen LogP contribution is -2.42. The van der Waals surface area contributed by atoms with Crippen LogP contribution < -0.4 is 10.6 Å². The van der Waals surface area contributed by atoms with E-state index in [0.717, 1.165) is 21.1 Å². The molecule has 0 aliphatic heterocycles. The van der Waals surface area contributed by atoms with Gasteiger partial charge in [0.05, 0.1) is 17.5 Å². The van der Waals surface area contributed by atoms with Crippen molar-refractivity contribution >= 4 is 45.8 Å². The lowest BCUT2D eigenvalue weighted by molar-refractivity contribution is -0.147. The van der Waals surface area contributed by atoms with Crippen LogP contribution in [0.15, 0.2) is 35.7 Å². The predicted molar refractivity (Wildman–Crippen MR) is 125 cm³/mol. The van der Waals surface area contributed by atoms with Crippen LogP contribution in [-0.4, -0.2) is 34.1 Å². The summed E-state index contributed by atoms with van der Waals surface area (Å²) in [6.45, 7) is 9.61. The molecule has 0 fully saturated rings. The topological polar surface area (TPSA) is 78.4 Å². The smallest absolute Gasteiger partial charge is 0.357 e. The summed E-state index contributed by atoms with van der Waals surface area (Å²) >= 11 is 1.38. The molecule has 0 saturated carbocycles. The number of fused-ring (bicyclic) bond motifs is 2. The molecule has 6 nitrogen and oxygen atoms in total. The van der Waals surface area contributed by atoms with Crippen molar-refractivity contribution in [3.05, 3.63) is 57.0 Å². The van der Waals surface area contributed by atoms with Gasteiger partial charge in [-0.1, -0.05) is 18.2 Å². The van der Waals surface area contributed by atoms with Crippen LogP contribution in [0, 0.1) is 0 Å². The number of thiazole rings is 1. The monoisotopic (exact) mass is 450 g/mol. The quantitative estimate of drug-likeness (QED) is 0.566. The fourth-order valence-electron chi connectivity index (χ4n) is 3.79. The average molecular weight is 451 g/mol. The van der Waals surface area contributed by atoms with Gasteiger partial charge < -0.3 is 9.47 Å². The van der Waals surface area contributed by atoms with Crippen molar-refractivity contribution in [2.24, 2.45) is 0 Å². The van der Waals surface area contributed by atoms with Crippen LogP contribution in [0.2, 0.25) is 0 Å². The Morgan fingerprint density at radius 1 is 1.16 bits per heavy atom. The number of pyridine rings is 1. The SMILES string of the molecule is CCOC(=O)c1csc(C2(C)C=c3nc4ccccc4cc3=C(C(=O)OC(C)(C)C)C2)n1. The van der Waals surface area contributed by atoms with Crippen LogP contribution in [0.4, 0.5) is 0 Å². The molecule has 32 heavy (non-hydrogen) atoms. The number of esters is 2. The number of carbonyl (C=O) groups is 2. The van der Waals surface area contributed by atoms with Gasteiger partial charge in [0.25, 0.3) is 0 Å². The zero-order chi connectivity index (χ0) is 23.1. The fourth-order valence-corrected chi connectivity index (χ4v) is 4.72. The first-order valence-electron chi connectivity index (χ1n) is 10.6. The summed E-state index contributed by atoms with van der Waals surface area (Å²) in [5.74, 6) is -0.812. The first kappa shape index (κ1) is 22.1. The van der Waals surface area contributed by atoms with Crippen molar-refractivity contribution in [3.8, 4) is 0 Å². The van der Waals surface area contributed by atoms with Crippen LogP contribution in [0.5, 0.6) is 0 Å². The molecule has 2 aromatic heterocycles. The maximum Gasteiger partial charge on any atom is 0.357 e. The van der Waals surface area contributed by atoms with E-state index in [0.29, 0.717) is 17.3 Å². The second-order valence-corrected chi connectivity index (χ2v) is 9.95. The van der Waals surface area contributed by atoms with Crippen molar-refractivity contribution in [3.63, 3.8) is 0 Å². The fraction of sp³-hybridized carbons (Fsp3) is 0.360. The van der Waals surface area contributed by atoms with Gasteiger partial charge >= 0.3 is 11.9 Å². The van der Waals surface area contributed by atoms with E-state index in [1.165, 1.54) is 11.3 Å². The van der Waals surface area contributed by atoms with Gasteiger partial charge in [-0.05, 0) is 59.2 Å². The molecule has 1 atom stereocenters. The average Bonchev–Trinajstić information content (AvgIpc) is 3.22. The van der Waals surface area contributed by atoms with Crippen LogP contribution in [0.1, 0.15) is 56.5 Å². The van der Waals surface area contributed by atoms with Crippen LogP contribution in [0.3, 0.4) is 0 Å². The molecule has 1 aromatic carbocycles. The summed E-state index contributed by atoms with van der Waals surface area (Å²) in [7, 11) is 0. The van der Waals surface area contributed by atoms with Crippen LogP contribution in [0.25, 0.3) is 22.6 Å². The number of hydrogen-bond donors (Lipinski definition) is 0. The minimum Gasteiger partial charge on any atom is -0.461 e. The second kappa shape index (κ2) is 8.13. The van der Waals surface area contributed by atoms with Gasteiger partial charge in [0.1, 0.15) is 10.6 Å². The minimum absolute atomic E-state index is 0.276. The molecule has 1 unspecified atom stereocenters. The number of para-hydroxylation sites is 1. The number of hydrogen-bond acceptors (Lipinski definition) is 7. The van der Waals surface area contributed by atoms with Crippen molar-refractivity contribution in [2.75, 3.05) is 6.61 Å². The molecular formula is C25H26N2O4S. The van der Waals surface area contributed by atoms with E-state index in [2.05, 4.69) is 4.98 Å². The predicted octanol–water partition coefficient (Wildman–Crippen LogP) is 3.50. The van der Waals surface area contributed by atoms with E-state index >= 15 is 0 Å². The minimum atomic E-state index is -0.621. The Balaban J connectivity index is 1.89. The molecule has 3 aromatic rings. The number of rotatable bonds is 4. The molecular weight excluding hydrogens is 424 g/mol. The van der Waals surface area contributed by atoms with Gasteiger partial charge in [0, 0.05) is 27.0 Å². The normalized spacial score (nSPS) is 18.1. The van der Waals surface area contributed by atoms with Gasteiger partial charge in [-0.2, -0.15) is 0 Å². The molecule has 0 N–H and O–H groups in total. The number of ether oxygens (including phenoxy) is 2. The molecule has 0 spiro atoms. The number of aromatic nitrogens is 2. The first-order chi connectivity index (χ1) is 15.1. The number of carbonyl (C=O) groups excluding carboxylic acids is 2. The third-order valence-corrected chi connectivity index (χ3v) is 6.32. The summed E-state index contributed by atoms with van der Waals surface area (Å²) in [6.07, 6.45) is 2.43. The van der Waals surface area contributed by atoms with Crippen molar-refractivity contribution < 1.29 is 19.1 Å². The molecule has 1 aliphatic carbocycles. The van der Waals surface area contributed by atoms with Gasteiger partial charge in [0.2, 0.25) is 0 Å². The lowest BCUT2D eigenvalue weighted by atomic mass is 9.79. The zero-order valence-corrected chi connectivity index (χ0v) is 19.7. The Labute approximate surface area is 190 Å². The van der Waals surface area contributed by atoms with E-state index < -0.39 is 17.0 Å². The Morgan fingerprint density at radius 3 is 2.62 bits per heavy atom. The van der Waals surface area contributed by atoms with Gasteiger partial charge in [0.15, 0.2) is 5.69 Å². The molecule has 0 bridgehead atoms. The second-order valence-electron chi connectivity index (χ2n) is 9.09. The zero-order valence-electron chi connectivity index (χ0n) is 18.9. The summed E-state index contributed by atoms with van der Waals surface area (Å²) in [4.78, 5) is 34.8. The Morgan fingerprint density at radius 2 is 1.91 bits per heavy atom. The van der Waals surface area contributed by atoms with Crippen molar-refractivity contribution in [1.82, 2.24) is 9.97 Å². The van der Waals surface area contributed by atoms with E-state index in [4.69, 9.17) is 14.5 Å². The van der Waals surface area contributed by atoms with E-state index in [1.807, 2.05) is 64.1 Å². The molecule has 7 heteroatoms. The molecule has 0 radical (unpaired) electrons. The summed E-state index contributed by atoms with van der Waals surface area (Å²) < 4.78 is 10.8. The van der Waals surface area contributed by atoms with Crippen LogP contribution in [-0.2, 0) is 19.7 Å². The molecule has 0 saturated heterocycles. The van der Waals surface area contributed by atoms with Crippen molar-refractivity contribution in [1.29, 1.82) is 0 Å². The standard InChI is InChI=1S/C25H26N2O4S/c1-6-30-22(29)20-14-32-23(27-20)25(5)12-17(21(28)31-24(2,3)4)16-11-15-9-7-8-10-18(15)26-19(16)13-25/h7-11,13-14H,6,12H2,1-5H3. The third kappa shape index (κ3) is 4.30. The van der Waals surface area contributed by atoms with Gasteiger partial charge in [-0.15, -0.1) is 11.3 Å². The third-order valence-electron chi connectivity index (χ3n) is 5.20. The summed E-state index contributed by atoms with van der Waals surface area (Å²) in [5.41, 5.74) is 0.444. The Hall–Kier alpha value is -3.06. The molecule has 0 amide bonds. The maximum absolute atomic E-state index is 13.2. The highest BCUT2D eigenvalue weighted by Gasteiger charge is 2.36. The van der Waals surface area contributed by atoms with E-state index in [9.17, 15) is 9.59 Å². The Bertz CT molecular complexity index is 1340. The number of benzene rings is 1. The van der Waals surface area contributed by atoms with Crippen molar-refractivity contribution in [2.45, 2.75) is 52.1 Å². The molecule has 2 heterocycles. The maximum atomic E-state index is 13.2. The molecule has 166 valence electrons. The highest BCUT2D eigenvalue weighted by Crippen LogP contribution is 2.37. The highest BCUT2D eigenvalue weighted by molar-refractivity contribution is 7.10. The summed E-state index contributed by atoms with van der Waals surface area (Å²) in [5, 5.41) is 4.87. The van der Waals surface area contributed by atoms with Gasteiger partial charge in [-0.3, -0.25) is 0 Å². The first-order valence-corrected chi connectivity index (χ1v) is 11.5. The van der Waals surface area contributed by atoms with Gasteiger partial charge in [-0.25, -0.2) is 19.6 Å². The van der Waals surface area contributed by atoms with E-state index in [-0.39, 0.29) is 18.3 Å². The molecule has 1 aliphatic rings. The lowest BCUT2D eigenvalue weighted by Gasteiger charge is -2.29.